The number of halogens is 1. The molecule has 2 N–H and O–H groups in total. The zero-order chi connectivity index (χ0) is 14.2. The Hall–Kier alpha value is -1.07. The van der Waals surface area contributed by atoms with Gasteiger partial charge in [0.25, 0.3) is 0 Å². The number of nitrogens with one attached hydrogen (secondary N) is 1. The van der Waals surface area contributed by atoms with Gasteiger partial charge in [0, 0.05) is 4.47 Å². The molecule has 19 heavy (non-hydrogen) atoms. The van der Waals surface area contributed by atoms with E-state index in [2.05, 4.69) is 21.2 Å². The summed E-state index contributed by atoms with van der Waals surface area (Å²) in [6.07, 6.45) is -0.575. The lowest BCUT2D eigenvalue weighted by atomic mass is 10.1. The number of aliphatic hydroxyl groups excluding tert-OH is 1. The summed E-state index contributed by atoms with van der Waals surface area (Å²) in [7, 11) is 0. The SMILES string of the molecule is CC(C)(C)OC(=O)NC1Cc2cc(Br)ccc2C1O. The third-order valence-electron chi connectivity index (χ3n) is 2.95. The fourth-order valence-corrected chi connectivity index (χ4v) is 2.60. The molecule has 4 nitrogen and oxygen atoms in total. The van der Waals surface area contributed by atoms with Crippen molar-refractivity contribution >= 4 is 22.0 Å². The second-order valence-electron chi connectivity index (χ2n) is 5.74. The van der Waals surface area contributed by atoms with Gasteiger partial charge in [-0.3, -0.25) is 0 Å². The molecule has 1 aromatic carbocycles. The fourth-order valence-electron chi connectivity index (χ4n) is 2.19. The monoisotopic (exact) mass is 327 g/mol. The molecule has 0 bridgehead atoms. The molecule has 0 aromatic heterocycles. The summed E-state index contributed by atoms with van der Waals surface area (Å²) < 4.78 is 6.17. The Kier molecular flexibility index (Phi) is 3.87. The van der Waals surface area contributed by atoms with Gasteiger partial charge in [0.1, 0.15) is 5.60 Å². The van der Waals surface area contributed by atoms with Crippen molar-refractivity contribution in [2.75, 3.05) is 0 Å². The number of hydrogen-bond acceptors (Lipinski definition) is 3. The molecule has 2 rings (SSSR count). The Labute approximate surface area is 121 Å². The van der Waals surface area contributed by atoms with Crippen molar-refractivity contribution in [3.8, 4) is 0 Å². The van der Waals surface area contributed by atoms with Crippen LogP contribution in [0.25, 0.3) is 0 Å². The van der Waals surface area contributed by atoms with E-state index in [0.29, 0.717) is 6.42 Å². The number of rotatable bonds is 1. The van der Waals surface area contributed by atoms with E-state index < -0.39 is 17.8 Å². The van der Waals surface area contributed by atoms with E-state index in [9.17, 15) is 9.90 Å². The normalized spacial score (nSPS) is 21.9. The first-order valence-corrected chi connectivity index (χ1v) is 7.01. The second kappa shape index (κ2) is 5.13. The molecule has 0 radical (unpaired) electrons. The van der Waals surface area contributed by atoms with Crippen LogP contribution in [0, 0.1) is 0 Å². The molecule has 2 unspecified atom stereocenters. The molecule has 1 aliphatic carbocycles. The van der Waals surface area contributed by atoms with Crippen LogP contribution in [0.1, 0.15) is 38.0 Å². The molecular formula is C14H18BrNO3. The third-order valence-corrected chi connectivity index (χ3v) is 3.44. The van der Waals surface area contributed by atoms with Crippen molar-refractivity contribution in [3.63, 3.8) is 0 Å². The van der Waals surface area contributed by atoms with Crippen molar-refractivity contribution < 1.29 is 14.6 Å². The van der Waals surface area contributed by atoms with Crippen LogP contribution in [0.5, 0.6) is 0 Å². The predicted molar refractivity (Wildman–Crippen MR) is 76.0 cm³/mol. The van der Waals surface area contributed by atoms with E-state index in [4.69, 9.17) is 4.74 Å². The Morgan fingerprint density at radius 1 is 1.47 bits per heavy atom. The summed E-state index contributed by atoms with van der Waals surface area (Å²) in [6.45, 7) is 5.43. The van der Waals surface area contributed by atoms with E-state index >= 15 is 0 Å². The highest BCUT2D eigenvalue weighted by Gasteiger charge is 2.33. The summed E-state index contributed by atoms with van der Waals surface area (Å²) in [5, 5.41) is 12.9. The number of benzene rings is 1. The van der Waals surface area contributed by atoms with Crippen LogP contribution in [-0.4, -0.2) is 22.8 Å². The maximum atomic E-state index is 11.7. The molecule has 0 saturated carbocycles. The van der Waals surface area contributed by atoms with Gasteiger partial charge in [-0.1, -0.05) is 22.0 Å². The number of ether oxygens (including phenoxy) is 1. The lowest BCUT2D eigenvalue weighted by Crippen LogP contribution is -2.41. The average molecular weight is 328 g/mol. The van der Waals surface area contributed by atoms with Gasteiger partial charge in [-0.25, -0.2) is 4.79 Å². The topological polar surface area (TPSA) is 58.6 Å². The zero-order valence-electron chi connectivity index (χ0n) is 11.2. The number of amides is 1. The van der Waals surface area contributed by atoms with Crippen molar-refractivity contribution in [2.24, 2.45) is 0 Å². The summed E-state index contributed by atoms with van der Waals surface area (Å²) >= 11 is 3.40. The maximum absolute atomic E-state index is 11.7. The van der Waals surface area contributed by atoms with Gasteiger partial charge in [-0.05, 0) is 50.5 Å². The van der Waals surface area contributed by atoms with Gasteiger partial charge in [0.15, 0.2) is 0 Å². The third kappa shape index (κ3) is 3.48. The molecule has 5 heteroatoms. The molecule has 1 aliphatic rings. The van der Waals surface area contributed by atoms with Crippen LogP contribution >= 0.6 is 15.9 Å². The molecule has 0 saturated heterocycles. The lowest BCUT2D eigenvalue weighted by Gasteiger charge is -2.23. The Morgan fingerprint density at radius 2 is 2.16 bits per heavy atom. The largest absolute Gasteiger partial charge is 0.444 e. The molecule has 1 aromatic rings. The van der Waals surface area contributed by atoms with Gasteiger partial charge in [-0.2, -0.15) is 0 Å². The first-order chi connectivity index (χ1) is 8.76. The lowest BCUT2D eigenvalue weighted by molar-refractivity contribution is 0.0438. The Morgan fingerprint density at radius 3 is 2.79 bits per heavy atom. The standard InChI is InChI=1S/C14H18BrNO3/c1-14(2,3)19-13(18)16-11-7-8-6-9(15)4-5-10(8)12(11)17/h4-6,11-12,17H,7H2,1-3H3,(H,16,18). The van der Waals surface area contributed by atoms with Crippen molar-refractivity contribution in [1.29, 1.82) is 0 Å². The summed E-state index contributed by atoms with van der Waals surface area (Å²) in [6, 6.07) is 5.40. The van der Waals surface area contributed by atoms with E-state index in [-0.39, 0.29) is 6.04 Å². The summed E-state index contributed by atoms with van der Waals surface area (Å²) in [4.78, 5) is 11.7. The number of alkyl carbamates (subject to hydrolysis) is 1. The average Bonchev–Trinajstić information content (AvgIpc) is 2.52. The van der Waals surface area contributed by atoms with Crippen LogP contribution in [0.15, 0.2) is 22.7 Å². The highest BCUT2D eigenvalue weighted by Crippen LogP contribution is 2.33. The molecule has 0 spiro atoms. The van der Waals surface area contributed by atoms with Gasteiger partial charge < -0.3 is 15.2 Å². The van der Waals surface area contributed by atoms with E-state index in [0.717, 1.165) is 15.6 Å². The molecule has 104 valence electrons. The smallest absolute Gasteiger partial charge is 0.407 e. The van der Waals surface area contributed by atoms with Crippen molar-refractivity contribution in [2.45, 2.75) is 44.9 Å². The molecule has 2 atom stereocenters. The minimum Gasteiger partial charge on any atom is -0.444 e. The number of fused-ring (bicyclic) bond motifs is 1. The highest BCUT2D eigenvalue weighted by molar-refractivity contribution is 9.10. The number of carbonyl (C=O) groups excluding carboxylic acids is 1. The molecule has 0 heterocycles. The van der Waals surface area contributed by atoms with E-state index in [1.54, 1.807) is 0 Å². The van der Waals surface area contributed by atoms with Crippen molar-refractivity contribution in [3.05, 3.63) is 33.8 Å². The number of carbonyl (C=O) groups is 1. The first-order valence-electron chi connectivity index (χ1n) is 6.22. The minimum absolute atomic E-state index is 0.334. The molecule has 0 aliphatic heterocycles. The highest BCUT2D eigenvalue weighted by atomic mass is 79.9. The van der Waals surface area contributed by atoms with Crippen molar-refractivity contribution in [1.82, 2.24) is 5.32 Å². The summed E-state index contributed by atoms with van der Waals surface area (Å²) in [5.74, 6) is 0. The molecule has 1 amide bonds. The van der Waals surface area contributed by atoms with E-state index in [1.807, 2.05) is 39.0 Å². The summed E-state index contributed by atoms with van der Waals surface area (Å²) in [5.41, 5.74) is 1.37. The first kappa shape index (κ1) is 14.3. The van der Waals surface area contributed by atoms with Crippen LogP contribution < -0.4 is 5.32 Å². The van der Waals surface area contributed by atoms with Crippen LogP contribution in [-0.2, 0) is 11.2 Å². The Bertz CT molecular complexity index is 496. The molecular weight excluding hydrogens is 310 g/mol. The van der Waals surface area contributed by atoms with E-state index in [1.165, 1.54) is 0 Å². The number of hydrogen-bond donors (Lipinski definition) is 2. The zero-order valence-corrected chi connectivity index (χ0v) is 12.8. The second-order valence-corrected chi connectivity index (χ2v) is 6.66. The van der Waals surface area contributed by atoms with Gasteiger partial charge in [0.05, 0.1) is 12.1 Å². The number of aliphatic hydroxyl groups is 1. The predicted octanol–water partition coefficient (Wildman–Crippen LogP) is 2.93. The van der Waals surface area contributed by atoms with Gasteiger partial charge in [0.2, 0.25) is 0 Å². The molecule has 0 fully saturated rings. The van der Waals surface area contributed by atoms with Gasteiger partial charge >= 0.3 is 6.09 Å². The van der Waals surface area contributed by atoms with Gasteiger partial charge in [-0.15, -0.1) is 0 Å². The van der Waals surface area contributed by atoms with Crippen LogP contribution in [0.4, 0.5) is 4.79 Å². The Balaban J connectivity index is 2.04. The fraction of sp³-hybridized carbons (Fsp3) is 0.500. The van der Waals surface area contributed by atoms with Crippen LogP contribution in [0.3, 0.4) is 0 Å². The van der Waals surface area contributed by atoms with Crippen LogP contribution in [0.2, 0.25) is 0 Å². The quantitative estimate of drug-likeness (QED) is 0.833. The maximum Gasteiger partial charge on any atom is 0.407 e. The minimum atomic E-state index is -0.685.